The largest absolute Gasteiger partial charge is 0.286 e. The Morgan fingerprint density at radius 2 is 2.09 bits per heavy atom. The Bertz CT molecular complexity index is 236. The number of nitrogens with zero attached hydrogens (tertiary/aromatic N) is 2. The van der Waals surface area contributed by atoms with Crippen LogP contribution in [0.5, 0.6) is 0 Å². The molecule has 0 aromatic heterocycles. The predicted molar refractivity (Wildman–Crippen MR) is 47.6 cm³/mol. The van der Waals surface area contributed by atoms with E-state index in [1.165, 1.54) is 18.6 Å². The molecule has 0 saturated carbocycles. The van der Waals surface area contributed by atoms with Crippen LogP contribution in [-0.4, -0.2) is 24.5 Å². The first-order valence-electron chi connectivity index (χ1n) is 4.21. The number of aliphatic imine (C=N–C) groups is 2. The molecule has 2 aliphatic rings. The zero-order chi connectivity index (χ0) is 7.52. The average Bonchev–Trinajstić information content (AvgIpc) is 2.28. The highest BCUT2D eigenvalue weighted by Crippen LogP contribution is 2.09. The Hall–Kier alpha value is -0.920. The van der Waals surface area contributed by atoms with E-state index in [0.29, 0.717) is 0 Å². The van der Waals surface area contributed by atoms with Gasteiger partial charge in [-0.25, -0.2) is 0 Å². The molecule has 0 N–H and O–H groups in total. The van der Waals surface area contributed by atoms with Crippen LogP contribution >= 0.6 is 0 Å². The predicted octanol–water partition coefficient (Wildman–Crippen LogP) is 1.62. The minimum atomic E-state index is 0.878. The van der Waals surface area contributed by atoms with E-state index in [-0.39, 0.29) is 0 Å². The molecule has 11 heavy (non-hydrogen) atoms. The monoisotopic (exact) mass is 148 g/mol. The van der Waals surface area contributed by atoms with Crippen molar-refractivity contribution in [2.75, 3.05) is 13.1 Å². The Morgan fingerprint density at radius 1 is 1.18 bits per heavy atom. The second-order valence-electron chi connectivity index (χ2n) is 2.89. The minimum absolute atomic E-state index is 0.878. The molecule has 1 heterocycles. The van der Waals surface area contributed by atoms with Gasteiger partial charge in [0.25, 0.3) is 0 Å². The molecule has 0 amide bonds. The van der Waals surface area contributed by atoms with E-state index in [1.54, 1.807) is 0 Å². The number of hydrogen-bond acceptors (Lipinski definition) is 2. The van der Waals surface area contributed by atoms with Crippen LogP contribution in [0.3, 0.4) is 0 Å². The first-order valence-corrected chi connectivity index (χ1v) is 4.21. The molecule has 0 spiro atoms. The molecule has 0 saturated heterocycles. The van der Waals surface area contributed by atoms with Gasteiger partial charge < -0.3 is 0 Å². The Kier molecular flexibility index (Phi) is 1.84. The quantitative estimate of drug-likeness (QED) is 0.498. The van der Waals surface area contributed by atoms with E-state index in [1.807, 2.05) is 0 Å². The van der Waals surface area contributed by atoms with Gasteiger partial charge in [0, 0.05) is 0 Å². The van der Waals surface area contributed by atoms with Crippen molar-refractivity contribution in [3.8, 4) is 0 Å². The van der Waals surface area contributed by atoms with Crippen molar-refractivity contribution in [1.29, 1.82) is 0 Å². The molecule has 0 radical (unpaired) electrons. The molecule has 0 fully saturated rings. The summed E-state index contributed by atoms with van der Waals surface area (Å²) in [5.41, 5.74) is 2.36. The summed E-state index contributed by atoms with van der Waals surface area (Å²) in [6.45, 7) is 1.77. The van der Waals surface area contributed by atoms with Gasteiger partial charge in [-0.15, -0.1) is 0 Å². The van der Waals surface area contributed by atoms with Crippen molar-refractivity contribution in [3.05, 3.63) is 12.2 Å². The summed E-state index contributed by atoms with van der Waals surface area (Å²) in [4.78, 5) is 8.86. The van der Waals surface area contributed by atoms with Gasteiger partial charge in [-0.2, -0.15) is 0 Å². The summed E-state index contributed by atoms with van der Waals surface area (Å²) in [6, 6.07) is 0. The standard InChI is InChI=1S/C9H12N2/c1-2-4-8-9(5-3-1)11-7-6-10-8/h2,4H,1,3,5-7H2. The van der Waals surface area contributed by atoms with Crippen molar-refractivity contribution in [2.24, 2.45) is 9.98 Å². The maximum Gasteiger partial charge on any atom is 0.0782 e. The van der Waals surface area contributed by atoms with Crippen LogP contribution in [0.4, 0.5) is 0 Å². The molecule has 58 valence electrons. The molecule has 0 unspecified atom stereocenters. The van der Waals surface area contributed by atoms with E-state index in [2.05, 4.69) is 22.1 Å². The fourth-order valence-corrected chi connectivity index (χ4v) is 1.47. The van der Waals surface area contributed by atoms with Crippen LogP contribution in [0.2, 0.25) is 0 Å². The smallest absolute Gasteiger partial charge is 0.0782 e. The summed E-state index contributed by atoms with van der Waals surface area (Å²) in [7, 11) is 0. The van der Waals surface area contributed by atoms with E-state index in [0.717, 1.165) is 25.2 Å². The topological polar surface area (TPSA) is 24.7 Å². The van der Waals surface area contributed by atoms with Crippen LogP contribution in [0, 0.1) is 0 Å². The van der Waals surface area contributed by atoms with Gasteiger partial charge in [-0.1, -0.05) is 6.08 Å². The maximum absolute atomic E-state index is 4.45. The highest BCUT2D eigenvalue weighted by molar-refractivity contribution is 6.46. The average molecular weight is 148 g/mol. The van der Waals surface area contributed by atoms with Gasteiger partial charge in [0.05, 0.1) is 24.5 Å². The van der Waals surface area contributed by atoms with Crippen molar-refractivity contribution in [2.45, 2.75) is 19.3 Å². The molecule has 0 aromatic carbocycles. The summed E-state index contributed by atoms with van der Waals surface area (Å²) >= 11 is 0. The molecule has 2 heteroatoms. The van der Waals surface area contributed by atoms with E-state index in [9.17, 15) is 0 Å². The second-order valence-corrected chi connectivity index (χ2v) is 2.89. The first-order chi connectivity index (χ1) is 5.47. The third-order valence-electron chi connectivity index (χ3n) is 2.04. The van der Waals surface area contributed by atoms with E-state index < -0.39 is 0 Å². The third-order valence-corrected chi connectivity index (χ3v) is 2.04. The molecule has 1 aliphatic heterocycles. The zero-order valence-corrected chi connectivity index (χ0v) is 6.58. The normalized spacial score (nSPS) is 23.3. The van der Waals surface area contributed by atoms with Gasteiger partial charge in [-0.3, -0.25) is 9.98 Å². The zero-order valence-electron chi connectivity index (χ0n) is 6.58. The van der Waals surface area contributed by atoms with Crippen molar-refractivity contribution < 1.29 is 0 Å². The Labute approximate surface area is 66.7 Å². The summed E-state index contributed by atoms with van der Waals surface area (Å²) in [5.74, 6) is 0. The lowest BCUT2D eigenvalue weighted by Crippen LogP contribution is -2.17. The lowest BCUT2D eigenvalue weighted by Gasteiger charge is -2.08. The molecule has 1 aliphatic carbocycles. The maximum atomic E-state index is 4.45. The van der Waals surface area contributed by atoms with E-state index in [4.69, 9.17) is 0 Å². The van der Waals surface area contributed by atoms with Crippen molar-refractivity contribution in [3.63, 3.8) is 0 Å². The van der Waals surface area contributed by atoms with Crippen LogP contribution in [0.15, 0.2) is 22.1 Å². The van der Waals surface area contributed by atoms with Gasteiger partial charge in [0.1, 0.15) is 0 Å². The third kappa shape index (κ3) is 1.39. The summed E-state index contributed by atoms with van der Waals surface area (Å²) < 4.78 is 0. The molecule has 0 bridgehead atoms. The van der Waals surface area contributed by atoms with Crippen LogP contribution < -0.4 is 0 Å². The number of rotatable bonds is 0. The van der Waals surface area contributed by atoms with Gasteiger partial charge >= 0.3 is 0 Å². The molecule has 2 nitrogen and oxygen atoms in total. The SMILES string of the molecule is C1=CC2=NCCN=C2CCC1. The number of hydrogen-bond donors (Lipinski definition) is 0. The Balaban J connectivity index is 2.27. The molecule has 0 aromatic rings. The lowest BCUT2D eigenvalue weighted by molar-refractivity contribution is 0.886. The van der Waals surface area contributed by atoms with Gasteiger partial charge in [0.15, 0.2) is 0 Å². The Morgan fingerprint density at radius 3 is 3.09 bits per heavy atom. The molecule has 2 rings (SSSR count). The van der Waals surface area contributed by atoms with Crippen LogP contribution in [0.1, 0.15) is 19.3 Å². The lowest BCUT2D eigenvalue weighted by atomic mass is 10.1. The van der Waals surface area contributed by atoms with Crippen molar-refractivity contribution >= 4 is 11.4 Å². The molecular formula is C9H12N2. The minimum Gasteiger partial charge on any atom is -0.286 e. The molecular weight excluding hydrogens is 136 g/mol. The fraction of sp³-hybridized carbons (Fsp3) is 0.556. The summed E-state index contributed by atoms with van der Waals surface area (Å²) in [6.07, 6.45) is 7.84. The van der Waals surface area contributed by atoms with Crippen molar-refractivity contribution in [1.82, 2.24) is 0 Å². The van der Waals surface area contributed by atoms with Crippen LogP contribution in [-0.2, 0) is 0 Å². The fourth-order valence-electron chi connectivity index (χ4n) is 1.47. The van der Waals surface area contributed by atoms with Gasteiger partial charge in [-0.05, 0) is 25.3 Å². The highest BCUT2D eigenvalue weighted by atomic mass is 14.9. The molecule has 0 atom stereocenters. The van der Waals surface area contributed by atoms with Gasteiger partial charge in [0.2, 0.25) is 0 Å². The second kappa shape index (κ2) is 2.99. The van der Waals surface area contributed by atoms with Crippen LogP contribution in [0.25, 0.3) is 0 Å². The van der Waals surface area contributed by atoms with E-state index >= 15 is 0 Å². The number of allylic oxidation sites excluding steroid dienone is 2. The highest BCUT2D eigenvalue weighted by Gasteiger charge is 2.10. The first kappa shape index (κ1) is 6.77. The summed E-state index contributed by atoms with van der Waals surface area (Å²) in [5, 5.41) is 0. The number of fused-ring (bicyclic) bond motifs is 1.